The summed E-state index contributed by atoms with van der Waals surface area (Å²) in [4.78, 5) is 36.0. The Morgan fingerprint density at radius 2 is 1.67 bits per heavy atom. The molecule has 0 saturated carbocycles. The van der Waals surface area contributed by atoms with Gasteiger partial charge in [0.25, 0.3) is 5.91 Å². The summed E-state index contributed by atoms with van der Waals surface area (Å²) in [5.74, 6) is -2.38. The number of carboxylic acid groups (broad SMARTS) is 1. The van der Waals surface area contributed by atoms with Crippen molar-refractivity contribution in [2.75, 3.05) is 32.2 Å². The largest absolute Gasteiger partial charge is 1.00 e. The van der Waals surface area contributed by atoms with Gasteiger partial charge in [0, 0.05) is 17.2 Å². The first-order valence-electron chi connectivity index (χ1n) is 6.95. The first-order chi connectivity index (χ1) is 12.1. The Morgan fingerprint density at radius 3 is 2.15 bits per heavy atom. The Kier molecular flexibility index (Phi) is 12.5. The predicted octanol–water partition coefficient (Wildman–Crippen LogP) is -2.13. The number of carbonyl (C=O) groups is 3. The standard InChI is InChI=1S/C14H15I3N2O7.ClH/c1-26-4-6(22)19-12-10(16)7(13(23)18-2-5(21)3-20)9(15)8(11(12)17)14(24)25;/h5,20-21H,2-4H2,1H3,(H,18,23)(H,19,22)(H,24,25);1H/p-1. The zero-order chi connectivity index (χ0) is 20.0. The van der Waals surface area contributed by atoms with E-state index in [0.29, 0.717) is 3.57 Å². The van der Waals surface area contributed by atoms with Crippen molar-refractivity contribution < 1.29 is 46.8 Å². The maximum Gasteiger partial charge on any atom is 0.337 e. The highest BCUT2D eigenvalue weighted by Gasteiger charge is 2.28. The first kappa shape index (κ1) is 27.0. The molecular formula is C14H15ClI3N2O7-. The first-order valence-corrected chi connectivity index (χ1v) is 10.2. The Balaban J connectivity index is 0.00000676. The number of aliphatic hydroxyl groups excluding tert-OH is 2. The lowest BCUT2D eigenvalue weighted by atomic mass is 10.1. The molecule has 9 nitrogen and oxygen atoms in total. The number of hydrogen-bond donors (Lipinski definition) is 5. The van der Waals surface area contributed by atoms with Crippen LogP contribution >= 0.6 is 67.8 Å². The van der Waals surface area contributed by atoms with Crippen molar-refractivity contribution in [3.05, 3.63) is 21.8 Å². The molecular weight excluding hydrogens is 724 g/mol. The molecule has 0 heterocycles. The van der Waals surface area contributed by atoms with E-state index in [1.807, 2.05) is 22.6 Å². The SMILES string of the molecule is COCC(=O)Nc1c(I)c(C(=O)O)c(I)c(C(=O)NCC(O)CO)c1I.[Cl-]. The van der Waals surface area contributed by atoms with Crippen LogP contribution in [0, 0.1) is 10.7 Å². The normalized spacial score (nSPS) is 11.3. The third-order valence-corrected chi connectivity index (χ3v) is 6.24. The molecule has 1 atom stereocenters. The summed E-state index contributed by atoms with van der Waals surface area (Å²) in [7, 11) is 1.34. The summed E-state index contributed by atoms with van der Waals surface area (Å²) in [5, 5.41) is 32.7. The van der Waals surface area contributed by atoms with Crippen molar-refractivity contribution >= 4 is 91.2 Å². The number of halogens is 4. The molecule has 0 radical (unpaired) electrons. The Morgan fingerprint density at radius 1 is 1.11 bits per heavy atom. The molecule has 0 aromatic heterocycles. The molecule has 1 rings (SSSR count). The van der Waals surface area contributed by atoms with E-state index in [4.69, 9.17) is 9.84 Å². The number of rotatable bonds is 8. The van der Waals surface area contributed by atoms with E-state index in [9.17, 15) is 24.6 Å². The molecule has 13 heteroatoms. The smallest absolute Gasteiger partial charge is 0.337 e. The summed E-state index contributed by atoms with van der Waals surface area (Å²) in [5.41, 5.74) is 0.132. The fraction of sp³-hybridized carbons (Fsp3) is 0.357. The zero-order valence-electron chi connectivity index (χ0n) is 13.7. The van der Waals surface area contributed by atoms with E-state index in [0.717, 1.165) is 0 Å². The van der Waals surface area contributed by atoms with E-state index < -0.39 is 30.5 Å². The van der Waals surface area contributed by atoms with Gasteiger partial charge in [-0.1, -0.05) is 0 Å². The number of anilines is 1. The molecule has 0 spiro atoms. The predicted molar refractivity (Wildman–Crippen MR) is 117 cm³/mol. The van der Waals surface area contributed by atoms with Crippen LogP contribution in [-0.2, 0) is 9.53 Å². The second kappa shape index (κ2) is 12.5. The van der Waals surface area contributed by atoms with Crippen LogP contribution in [0.1, 0.15) is 20.7 Å². The maximum atomic E-state index is 12.5. The van der Waals surface area contributed by atoms with Gasteiger partial charge in [-0.15, -0.1) is 0 Å². The van der Waals surface area contributed by atoms with Gasteiger partial charge >= 0.3 is 5.97 Å². The minimum Gasteiger partial charge on any atom is -1.00 e. The molecule has 0 bridgehead atoms. The van der Waals surface area contributed by atoms with Crippen LogP contribution in [0.5, 0.6) is 0 Å². The zero-order valence-corrected chi connectivity index (χ0v) is 20.9. The number of carbonyl (C=O) groups excluding carboxylic acids is 2. The van der Waals surface area contributed by atoms with Crippen LogP contribution in [-0.4, -0.2) is 66.1 Å². The van der Waals surface area contributed by atoms with Gasteiger partial charge in [0.05, 0.1) is 36.7 Å². The highest BCUT2D eigenvalue weighted by molar-refractivity contribution is 14.1. The van der Waals surface area contributed by atoms with Crippen molar-refractivity contribution in [3.8, 4) is 0 Å². The highest BCUT2D eigenvalue weighted by Crippen LogP contribution is 2.35. The monoisotopic (exact) mass is 739 g/mol. The van der Waals surface area contributed by atoms with Crippen LogP contribution < -0.4 is 23.0 Å². The van der Waals surface area contributed by atoms with Gasteiger partial charge in [-0.3, -0.25) is 9.59 Å². The fourth-order valence-electron chi connectivity index (χ4n) is 1.83. The van der Waals surface area contributed by atoms with Crippen molar-refractivity contribution in [1.82, 2.24) is 5.32 Å². The minimum atomic E-state index is -1.25. The van der Waals surface area contributed by atoms with Crippen LogP contribution in [0.4, 0.5) is 5.69 Å². The van der Waals surface area contributed by atoms with E-state index in [-0.39, 0.29) is 49.5 Å². The number of methoxy groups -OCH3 is 1. The lowest BCUT2D eigenvalue weighted by Crippen LogP contribution is -3.00. The number of amides is 2. The van der Waals surface area contributed by atoms with Crippen molar-refractivity contribution in [2.45, 2.75) is 6.10 Å². The second-order valence-corrected chi connectivity index (χ2v) is 8.14. The van der Waals surface area contributed by atoms with Gasteiger partial charge in [0.15, 0.2) is 0 Å². The summed E-state index contributed by atoms with van der Waals surface area (Å²) in [6, 6.07) is 0. The average molecular weight is 739 g/mol. The minimum absolute atomic E-state index is 0. The quantitative estimate of drug-likeness (QED) is 0.192. The van der Waals surface area contributed by atoms with Crippen molar-refractivity contribution in [2.24, 2.45) is 0 Å². The fourth-order valence-corrected chi connectivity index (χ4v) is 6.22. The number of nitrogens with one attached hydrogen (secondary N) is 2. The molecule has 2 amide bonds. The summed E-state index contributed by atoms with van der Waals surface area (Å²) in [6.45, 7) is -0.966. The lowest BCUT2D eigenvalue weighted by molar-refractivity contribution is -0.119. The molecule has 5 N–H and O–H groups in total. The van der Waals surface area contributed by atoms with Crippen LogP contribution in [0.25, 0.3) is 0 Å². The Labute approximate surface area is 201 Å². The third-order valence-electron chi connectivity index (χ3n) is 3.01. The third kappa shape index (κ3) is 7.07. The van der Waals surface area contributed by atoms with Gasteiger partial charge in [-0.05, 0) is 67.8 Å². The molecule has 0 saturated heterocycles. The Bertz CT molecular complexity index is 733. The number of benzene rings is 1. The number of aliphatic hydroxyl groups is 2. The van der Waals surface area contributed by atoms with E-state index in [1.165, 1.54) is 7.11 Å². The summed E-state index contributed by atoms with van der Waals surface area (Å²) >= 11 is 5.40. The molecule has 152 valence electrons. The van der Waals surface area contributed by atoms with Gasteiger partial charge in [-0.2, -0.15) is 0 Å². The number of hydrogen-bond acceptors (Lipinski definition) is 6. The highest BCUT2D eigenvalue weighted by atomic mass is 127. The van der Waals surface area contributed by atoms with Gasteiger partial charge in [0.2, 0.25) is 5.91 Å². The number of aromatic carboxylic acids is 1. The number of carboxylic acids is 1. The molecule has 1 aromatic carbocycles. The molecule has 1 unspecified atom stereocenters. The molecule has 0 aliphatic heterocycles. The summed E-state index contributed by atoms with van der Waals surface area (Å²) in [6.07, 6.45) is -1.14. The Hall–Kier alpha value is -0.0100. The topological polar surface area (TPSA) is 145 Å². The van der Waals surface area contributed by atoms with Crippen LogP contribution in [0.15, 0.2) is 0 Å². The molecule has 1 aromatic rings. The van der Waals surface area contributed by atoms with Crippen molar-refractivity contribution in [3.63, 3.8) is 0 Å². The second-order valence-electron chi connectivity index (χ2n) is 4.90. The molecule has 27 heavy (non-hydrogen) atoms. The maximum absolute atomic E-state index is 12.5. The van der Waals surface area contributed by atoms with Crippen LogP contribution in [0.3, 0.4) is 0 Å². The average Bonchev–Trinajstić information content (AvgIpc) is 2.56. The molecule has 0 fully saturated rings. The van der Waals surface area contributed by atoms with Crippen LogP contribution in [0.2, 0.25) is 0 Å². The van der Waals surface area contributed by atoms with E-state index in [1.54, 1.807) is 45.2 Å². The van der Waals surface area contributed by atoms with Gasteiger partial charge in [-0.25, -0.2) is 4.79 Å². The van der Waals surface area contributed by atoms with Gasteiger partial charge < -0.3 is 43.1 Å². The van der Waals surface area contributed by atoms with E-state index >= 15 is 0 Å². The van der Waals surface area contributed by atoms with E-state index in [2.05, 4.69) is 10.6 Å². The van der Waals surface area contributed by atoms with Crippen molar-refractivity contribution in [1.29, 1.82) is 0 Å². The van der Waals surface area contributed by atoms with Gasteiger partial charge in [0.1, 0.15) is 6.61 Å². The molecule has 0 aliphatic carbocycles. The summed E-state index contributed by atoms with van der Waals surface area (Å²) < 4.78 is 5.57. The lowest BCUT2D eigenvalue weighted by Gasteiger charge is -2.18. The number of ether oxygens (including phenoxy) is 1. The molecule has 0 aliphatic rings.